The van der Waals surface area contributed by atoms with Gasteiger partial charge in [0.05, 0.1) is 12.0 Å². The van der Waals surface area contributed by atoms with Crippen molar-refractivity contribution in [1.29, 1.82) is 5.26 Å². The lowest BCUT2D eigenvalue weighted by Gasteiger charge is -2.29. The highest BCUT2D eigenvalue weighted by Crippen LogP contribution is 2.46. The summed E-state index contributed by atoms with van der Waals surface area (Å²) in [5, 5.41) is 9.19. The zero-order valence-corrected chi connectivity index (χ0v) is 11.2. The Kier molecular flexibility index (Phi) is 2.94. The van der Waals surface area contributed by atoms with Crippen molar-refractivity contribution in [3.05, 3.63) is 35.9 Å². The maximum Gasteiger partial charge on any atom is 0.0672 e. The molecule has 1 saturated carbocycles. The number of nitrogens with zero attached hydrogens (tertiary/aromatic N) is 2. The van der Waals surface area contributed by atoms with Gasteiger partial charge >= 0.3 is 0 Å². The van der Waals surface area contributed by atoms with Crippen molar-refractivity contribution >= 4 is 15.9 Å². The van der Waals surface area contributed by atoms with E-state index in [1.165, 1.54) is 5.56 Å². The Balaban J connectivity index is 1.76. The molecule has 2 nitrogen and oxygen atoms in total. The molecule has 0 aromatic heterocycles. The molecule has 0 unspecified atom stereocenters. The topological polar surface area (TPSA) is 27.0 Å². The molecule has 0 radical (unpaired) electrons. The van der Waals surface area contributed by atoms with E-state index in [4.69, 9.17) is 0 Å². The van der Waals surface area contributed by atoms with Gasteiger partial charge in [-0.15, -0.1) is 0 Å². The molecule has 2 aliphatic rings. The van der Waals surface area contributed by atoms with E-state index in [2.05, 4.69) is 51.2 Å². The largest absolute Gasteiger partial charge is 0.293 e. The van der Waals surface area contributed by atoms with E-state index in [0.717, 1.165) is 19.5 Å². The summed E-state index contributed by atoms with van der Waals surface area (Å²) in [4.78, 5) is 2.98. The number of alkyl halides is 1. The van der Waals surface area contributed by atoms with Gasteiger partial charge in [0.2, 0.25) is 0 Å². The summed E-state index contributed by atoms with van der Waals surface area (Å²) >= 11 is 3.77. The molecule has 17 heavy (non-hydrogen) atoms. The van der Waals surface area contributed by atoms with Gasteiger partial charge in [0.15, 0.2) is 0 Å². The second-order valence-corrected chi connectivity index (χ2v) is 6.14. The van der Waals surface area contributed by atoms with Gasteiger partial charge in [0, 0.05) is 24.0 Å². The zero-order valence-electron chi connectivity index (χ0n) is 9.59. The number of fused-ring (bicyclic) bond motifs is 2. The summed E-state index contributed by atoms with van der Waals surface area (Å²) in [5.41, 5.74) is 1.34. The highest BCUT2D eigenvalue weighted by molar-refractivity contribution is 9.09. The van der Waals surface area contributed by atoms with E-state index < -0.39 is 0 Å². The van der Waals surface area contributed by atoms with Gasteiger partial charge < -0.3 is 0 Å². The standard InChI is InChI=1S/C14H15BrN2/c15-13-12-6-11(7-16)14(13)17(9-12)8-10-4-2-1-3-5-10/h1-5,11-14H,6,8-9H2/t11-,12-,13-,14+/m0/s1. The molecule has 0 N–H and O–H groups in total. The quantitative estimate of drug-likeness (QED) is 0.783. The first-order valence-electron chi connectivity index (χ1n) is 6.11. The van der Waals surface area contributed by atoms with Gasteiger partial charge in [0.1, 0.15) is 0 Å². The minimum atomic E-state index is 0.210. The molecule has 2 bridgehead atoms. The number of rotatable bonds is 2. The van der Waals surface area contributed by atoms with Crippen LogP contribution in [0.4, 0.5) is 0 Å². The molecule has 4 atom stereocenters. The van der Waals surface area contributed by atoms with Gasteiger partial charge in [-0.25, -0.2) is 0 Å². The minimum Gasteiger partial charge on any atom is -0.293 e. The molecule has 3 rings (SSSR count). The Bertz CT molecular complexity index is 439. The Morgan fingerprint density at radius 2 is 2.12 bits per heavy atom. The zero-order chi connectivity index (χ0) is 11.8. The minimum absolute atomic E-state index is 0.210. The Morgan fingerprint density at radius 1 is 1.35 bits per heavy atom. The first-order chi connectivity index (χ1) is 8.29. The van der Waals surface area contributed by atoms with Crippen molar-refractivity contribution in [3.63, 3.8) is 0 Å². The van der Waals surface area contributed by atoms with Gasteiger partial charge in [-0.2, -0.15) is 5.26 Å². The molecule has 1 aliphatic carbocycles. The maximum absolute atomic E-state index is 9.19. The number of likely N-dealkylation sites (tertiary alicyclic amines) is 1. The third kappa shape index (κ3) is 1.90. The van der Waals surface area contributed by atoms with Crippen molar-refractivity contribution in [2.75, 3.05) is 6.54 Å². The molecule has 2 fully saturated rings. The summed E-state index contributed by atoms with van der Waals surface area (Å²) in [5.74, 6) is 0.871. The third-order valence-electron chi connectivity index (χ3n) is 4.03. The SMILES string of the molecule is N#C[C@@H]1C[C@H]2CN(Cc3ccccc3)[C@H]1[C@H]2Br. The van der Waals surface area contributed by atoms with Gasteiger partial charge in [-0.05, 0) is 17.9 Å². The van der Waals surface area contributed by atoms with Crippen molar-refractivity contribution in [1.82, 2.24) is 4.90 Å². The first-order valence-corrected chi connectivity index (χ1v) is 7.03. The molecule has 88 valence electrons. The van der Waals surface area contributed by atoms with Crippen LogP contribution in [0.5, 0.6) is 0 Å². The van der Waals surface area contributed by atoms with Crippen LogP contribution in [0, 0.1) is 23.2 Å². The Morgan fingerprint density at radius 3 is 2.76 bits per heavy atom. The van der Waals surface area contributed by atoms with Crippen LogP contribution < -0.4 is 0 Å². The van der Waals surface area contributed by atoms with Crippen LogP contribution in [0.1, 0.15) is 12.0 Å². The molecule has 3 heteroatoms. The highest BCUT2D eigenvalue weighted by Gasteiger charge is 2.51. The van der Waals surface area contributed by atoms with Crippen LogP contribution in [0.3, 0.4) is 0 Å². The van der Waals surface area contributed by atoms with E-state index in [1.54, 1.807) is 0 Å². The second kappa shape index (κ2) is 4.44. The molecule has 1 aromatic carbocycles. The van der Waals surface area contributed by atoms with E-state index in [9.17, 15) is 5.26 Å². The number of benzene rings is 1. The Labute approximate surface area is 110 Å². The highest BCUT2D eigenvalue weighted by atomic mass is 79.9. The monoisotopic (exact) mass is 290 g/mol. The molecule has 1 aromatic rings. The lowest BCUT2D eigenvalue weighted by atomic mass is 9.99. The van der Waals surface area contributed by atoms with E-state index in [1.807, 2.05) is 6.07 Å². The fraction of sp³-hybridized carbons (Fsp3) is 0.500. The van der Waals surface area contributed by atoms with Crippen LogP contribution in [0.25, 0.3) is 0 Å². The average molecular weight is 291 g/mol. The fourth-order valence-corrected chi connectivity index (χ4v) is 4.35. The fourth-order valence-electron chi connectivity index (χ4n) is 3.27. The van der Waals surface area contributed by atoms with Crippen LogP contribution in [-0.4, -0.2) is 22.3 Å². The molecule has 0 amide bonds. The van der Waals surface area contributed by atoms with E-state index >= 15 is 0 Å². The molecular weight excluding hydrogens is 276 g/mol. The number of hydrogen-bond acceptors (Lipinski definition) is 2. The number of halogens is 1. The summed E-state index contributed by atoms with van der Waals surface area (Å²) in [6, 6.07) is 13.4. The van der Waals surface area contributed by atoms with Crippen molar-refractivity contribution in [2.24, 2.45) is 11.8 Å². The third-order valence-corrected chi connectivity index (χ3v) is 5.32. The van der Waals surface area contributed by atoms with Gasteiger partial charge in [-0.3, -0.25) is 4.90 Å². The van der Waals surface area contributed by atoms with Crippen LogP contribution in [0.2, 0.25) is 0 Å². The lowest BCUT2D eigenvalue weighted by molar-refractivity contribution is 0.176. The summed E-state index contributed by atoms with van der Waals surface area (Å²) < 4.78 is 0. The average Bonchev–Trinajstić information content (AvgIpc) is 2.83. The lowest BCUT2D eigenvalue weighted by Crippen LogP contribution is -2.38. The molecule has 1 saturated heterocycles. The predicted octanol–water partition coefficient (Wildman–Crippen LogP) is 2.79. The van der Waals surface area contributed by atoms with E-state index in [-0.39, 0.29) is 5.92 Å². The van der Waals surface area contributed by atoms with Crippen LogP contribution >= 0.6 is 15.9 Å². The van der Waals surface area contributed by atoms with E-state index in [0.29, 0.717) is 16.8 Å². The summed E-state index contributed by atoms with van der Waals surface area (Å²) in [7, 11) is 0. The second-order valence-electron chi connectivity index (χ2n) is 5.08. The number of nitriles is 1. The Hall–Kier alpha value is -0.850. The van der Waals surface area contributed by atoms with Crippen molar-refractivity contribution < 1.29 is 0 Å². The first kappa shape index (κ1) is 11.3. The normalized spacial score (nSPS) is 36.0. The van der Waals surface area contributed by atoms with Crippen molar-refractivity contribution in [2.45, 2.75) is 23.8 Å². The summed E-state index contributed by atoms with van der Waals surface area (Å²) in [6.45, 7) is 2.11. The van der Waals surface area contributed by atoms with Gasteiger partial charge in [-0.1, -0.05) is 46.3 Å². The maximum atomic E-state index is 9.19. The van der Waals surface area contributed by atoms with Crippen LogP contribution in [0.15, 0.2) is 30.3 Å². The number of hydrogen-bond donors (Lipinski definition) is 0. The van der Waals surface area contributed by atoms with Gasteiger partial charge in [0.25, 0.3) is 0 Å². The summed E-state index contributed by atoms with van der Waals surface area (Å²) in [6.07, 6.45) is 1.07. The van der Waals surface area contributed by atoms with Crippen LogP contribution in [-0.2, 0) is 6.54 Å². The van der Waals surface area contributed by atoms with Crippen molar-refractivity contribution in [3.8, 4) is 6.07 Å². The smallest absolute Gasteiger partial charge is 0.0672 e. The molecule has 0 spiro atoms. The molecule has 1 heterocycles. The predicted molar refractivity (Wildman–Crippen MR) is 70.6 cm³/mol. The molecular formula is C14H15BrN2. The number of piperidine rings is 1. The molecule has 1 aliphatic heterocycles.